The summed E-state index contributed by atoms with van der Waals surface area (Å²) in [6, 6.07) is 0. The second-order valence-corrected chi connectivity index (χ2v) is 1.78. The lowest BCUT2D eigenvalue weighted by atomic mass is 10.3. The summed E-state index contributed by atoms with van der Waals surface area (Å²) in [5.74, 6) is -1.15. The van der Waals surface area contributed by atoms with Crippen molar-refractivity contribution in [1.29, 1.82) is 0 Å². The number of carbonyl (C=O) groups is 3. The van der Waals surface area contributed by atoms with Gasteiger partial charge in [0.2, 0.25) is 12.2 Å². The minimum atomic E-state index is -0.676. The summed E-state index contributed by atoms with van der Waals surface area (Å²) < 4.78 is 0. The third kappa shape index (κ3) is 0.826. The summed E-state index contributed by atoms with van der Waals surface area (Å²) in [6.07, 6.45) is 0.560. The first-order chi connectivity index (χ1) is 4.25. The Bertz CT molecular complexity index is 175. The number of Topliss-reactive ketones (excluding diaryl/α,β-unsaturated/α-hetero) is 1. The van der Waals surface area contributed by atoms with Crippen LogP contribution in [0.4, 0.5) is 0 Å². The Morgan fingerprint density at radius 3 is 2.33 bits per heavy atom. The average Bonchev–Trinajstić information content (AvgIpc) is 2.15. The van der Waals surface area contributed by atoms with E-state index in [1.807, 2.05) is 0 Å². The van der Waals surface area contributed by atoms with Crippen molar-refractivity contribution in [2.45, 2.75) is 6.42 Å². The Morgan fingerprint density at radius 2 is 2.11 bits per heavy atom. The van der Waals surface area contributed by atoms with Gasteiger partial charge in [0, 0.05) is 13.0 Å². The summed E-state index contributed by atoms with van der Waals surface area (Å²) in [5, 5.41) is 0. The fourth-order valence-corrected chi connectivity index (χ4v) is 0.691. The highest BCUT2D eigenvalue weighted by molar-refractivity contribution is 6.39. The Balaban J connectivity index is 2.73. The maximum absolute atomic E-state index is 10.5. The van der Waals surface area contributed by atoms with Gasteiger partial charge in [0.1, 0.15) is 0 Å². The van der Waals surface area contributed by atoms with Gasteiger partial charge >= 0.3 is 0 Å². The van der Waals surface area contributed by atoms with Gasteiger partial charge in [-0.05, 0) is 0 Å². The standard InChI is InChI=1S/C5H5NO3/c7-3-6-2-1-4(8)5(6)9/h3H,1-2H2. The molecule has 0 aromatic heterocycles. The van der Waals surface area contributed by atoms with Gasteiger partial charge in [0.25, 0.3) is 5.91 Å². The first-order valence-corrected chi connectivity index (χ1v) is 2.55. The van der Waals surface area contributed by atoms with Crippen LogP contribution < -0.4 is 0 Å². The molecular weight excluding hydrogens is 122 g/mol. The first kappa shape index (κ1) is 5.94. The van der Waals surface area contributed by atoms with Gasteiger partial charge in [-0.2, -0.15) is 0 Å². The monoisotopic (exact) mass is 127 g/mol. The van der Waals surface area contributed by atoms with Crippen LogP contribution in [-0.2, 0) is 14.4 Å². The second kappa shape index (κ2) is 1.97. The van der Waals surface area contributed by atoms with E-state index in [0.29, 0.717) is 6.41 Å². The van der Waals surface area contributed by atoms with E-state index in [0.717, 1.165) is 4.90 Å². The number of likely N-dealkylation sites (tertiary alicyclic amines) is 1. The van der Waals surface area contributed by atoms with Crippen LogP contribution in [0.3, 0.4) is 0 Å². The van der Waals surface area contributed by atoms with Gasteiger partial charge < -0.3 is 0 Å². The van der Waals surface area contributed by atoms with Crippen molar-refractivity contribution in [3.8, 4) is 0 Å². The molecule has 1 aliphatic heterocycles. The van der Waals surface area contributed by atoms with Crippen molar-refractivity contribution < 1.29 is 14.4 Å². The molecule has 0 saturated carbocycles. The molecule has 1 aliphatic rings. The van der Waals surface area contributed by atoms with E-state index in [4.69, 9.17) is 0 Å². The minimum Gasteiger partial charge on any atom is -0.289 e. The lowest BCUT2D eigenvalue weighted by Crippen LogP contribution is -2.25. The maximum atomic E-state index is 10.5. The van der Waals surface area contributed by atoms with E-state index < -0.39 is 11.7 Å². The van der Waals surface area contributed by atoms with Crippen molar-refractivity contribution in [1.82, 2.24) is 4.90 Å². The largest absolute Gasteiger partial charge is 0.296 e. The molecule has 0 radical (unpaired) electrons. The molecule has 48 valence electrons. The second-order valence-electron chi connectivity index (χ2n) is 1.78. The van der Waals surface area contributed by atoms with E-state index in [9.17, 15) is 14.4 Å². The van der Waals surface area contributed by atoms with E-state index in [2.05, 4.69) is 0 Å². The first-order valence-electron chi connectivity index (χ1n) is 2.55. The SMILES string of the molecule is O=CN1CCC(=O)C1=O. The molecule has 0 bridgehead atoms. The van der Waals surface area contributed by atoms with Crippen LogP contribution in [0.15, 0.2) is 0 Å². The zero-order chi connectivity index (χ0) is 6.85. The number of imide groups is 1. The average molecular weight is 127 g/mol. The van der Waals surface area contributed by atoms with Crippen molar-refractivity contribution in [3.05, 3.63) is 0 Å². The molecule has 2 amide bonds. The molecule has 1 saturated heterocycles. The van der Waals surface area contributed by atoms with Crippen molar-refractivity contribution in [2.24, 2.45) is 0 Å². The van der Waals surface area contributed by atoms with Gasteiger partial charge in [-0.15, -0.1) is 0 Å². The predicted molar refractivity (Wildman–Crippen MR) is 27.4 cm³/mol. The number of amides is 2. The lowest BCUT2D eigenvalue weighted by Gasteiger charge is -1.99. The van der Waals surface area contributed by atoms with Crippen LogP contribution in [0, 0.1) is 0 Å². The van der Waals surface area contributed by atoms with Crippen LogP contribution in [-0.4, -0.2) is 29.5 Å². The van der Waals surface area contributed by atoms with E-state index in [-0.39, 0.29) is 13.0 Å². The molecule has 0 aromatic carbocycles. The minimum absolute atomic E-state index is 0.178. The van der Waals surface area contributed by atoms with Crippen LogP contribution in [0.1, 0.15) is 6.42 Å². The number of hydrogen-bond donors (Lipinski definition) is 0. The van der Waals surface area contributed by atoms with Crippen LogP contribution in [0.25, 0.3) is 0 Å². The van der Waals surface area contributed by atoms with Crippen LogP contribution in [0.2, 0.25) is 0 Å². The molecule has 0 spiro atoms. The zero-order valence-electron chi connectivity index (χ0n) is 4.66. The highest BCUT2D eigenvalue weighted by atomic mass is 16.2. The Kier molecular flexibility index (Phi) is 1.30. The Hall–Kier alpha value is -1.19. The van der Waals surface area contributed by atoms with Crippen LogP contribution >= 0.6 is 0 Å². The number of carbonyl (C=O) groups excluding carboxylic acids is 3. The highest BCUT2D eigenvalue weighted by Gasteiger charge is 2.28. The molecule has 0 atom stereocenters. The molecule has 0 N–H and O–H groups in total. The van der Waals surface area contributed by atoms with Crippen molar-refractivity contribution in [3.63, 3.8) is 0 Å². The molecule has 1 rings (SSSR count). The van der Waals surface area contributed by atoms with E-state index >= 15 is 0 Å². The number of ketones is 1. The molecule has 0 aromatic rings. The third-order valence-corrected chi connectivity index (χ3v) is 1.21. The van der Waals surface area contributed by atoms with Gasteiger partial charge in [-0.3, -0.25) is 19.3 Å². The third-order valence-electron chi connectivity index (χ3n) is 1.21. The smallest absolute Gasteiger partial charge is 0.289 e. The molecule has 9 heavy (non-hydrogen) atoms. The number of hydrogen-bond acceptors (Lipinski definition) is 3. The molecule has 4 nitrogen and oxygen atoms in total. The van der Waals surface area contributed by atoms with Gasteiger partial charge in [0.05, 0.1) is 0 Å². The normalized spacial score (nSPS) is 18.9. The molecule has 0 aliphatic carbocycles. The highest BCUT2D eigenvalue weighted by Crippen LogP contribution is 2.01. The maximum Gasteiger partial charge on any atom is 0.296 e. The van der Waals surface area contributed by atoms with Gasteiger partial charge in [0.15, 0.2) is 0 Å². The van der Waals surface area contributed by atoms with Crippen LogP contribution in [0.5, 0.6) is 0 Å². The molecular formula is C5H5NO3. The summed E-state index contributed by atoms with van der Waals surface area (Å²) >= 11 is 0. The summed E-state index contributed by atoms with van der Waals surface area (Å²) in [4.78, 5) is 31.7. The van der Waals surface area contributed by atoms with E-state index in [1.165, 1.54) is 0 Å². The van der Waals surface area contributed by atoms with Gasteiger partial charge in [-0.1, -0.05) is 0 Å². The fraction of sp³-hybridized carbons (Fsp3) is 0.400. The summed E-state index contributed by atoms with van der Waals surface area (Å²) in [7, 11) is 0. The number of rotatable bonds is 1. The molecule has 0 unspecified atom stereocenters. The summed E-state index contributed by atoms with van der Waals surface area (Å²) in [5.41, 5.74) is 0. The molecule has 1 fully saturated rings. The molecule has 4 heteroatoms. The predicted octanol–water partition coefficient (Wildman–Crippen LogP) is -1.06. The van der Waals surface area contributed by atoms with E-state index in [1.54, 1.807) is 0 Å². The Morgan fingerprint density at radius 1 is 1.44 bits per heavy atom. The topological polar surface area (TPSA) is 54.5 Å². The van der Waals surface area contributed by atoms with Gasteiger partial charge in [-0.25, -0.2) is 0 Å². The molecule has 1 heterocycles. The fourth-order valence-electron chi connectivity index (χ4n) is 0.691. The quantitative estimate of drug-likeness (QED) is 0.333. The van der Waals surface area contributed by atoms with Crippen molar-refractivity contribution >= 4 is 18.1 Å². The van der Waals surface area contributed by atoms with Crippen molar-refractivity contribution in [2.75, 3.05) is 6.54 Å². The zero-order valence-corrected chi connectivity index (χ0v) is 4.66. The Labute approximate surface area is 51.4 Å². The number of nitrogens with zero attached hydrogens (tertiary/aromatic N) is 1. The summed E-state index contributed by atoms with van der Waals surface area (Å²) in [6.45, 7) is 0.251. The lowest BCUT2D eigenvalue weighted by molar-refractivity contribution is -0.143.